The van der Waals surface area contributed by atoms with E-state index in [1.165, 1.54) is 6.20 Å². The zero-order valence-electron chi connectivity index (χ0n) is 22.8. The Morgan fingerprint density at radius 3 is 2.62 bits per heavy atom. The maximum atomic E-state index is 14.8. The SMILES string of the molecule is Cc1nc2ncc(-c3nc(Nc4ccc(CN5CCN(C6COC6)C(C)C5)cn4)ncc3F)cc2n1C(C)C. The molecule has 2 saturated heterocycles. The summed E-state index contributed by atoms with van der Waals surface area (Å²) in [7, 11) is 0. The normalized spacial score (nSPS) is 19.1. The van der Waals surface area contributed by atoms with Gasteiger partial charge in [0.05, 0.1) is 31.0 Å². The number of hydrogen-bond donors (Lipinski definition) is 1. The van der Waals surface area contributed by atoms with E-state index < -0.39 is 5.82 Å². The summed E-state index contributed by atoms with van der Waals surface area (Å²) in [6.45, 7) is 14.1. The molecule has 0 bridgehead atoms. The van der Waals surface area contributed by atoms with E-state index in [1.54, 1.807) is 6.20 Å². The monoisotopic (exact) mass is 531 g/mol. The van der Waals surface area contributed by atoms with Crippen molar-refractivity contribution in [1.82, 2.24) is 39.3 Å². The van der Waals surface area contributed by atoms with E-state index in [4.69, 9.17) is 4.74 Å². The maximum Gasteiger partial charge on any atom is 0.229 e. The first-order valence-corrected chi connectivity index (χ1v) is 13.5. The van der Waals surface area contributed by atoms with Crippen LogP contribution < -0.4 is 5.32 Å². The number of piperazine rings is 1. The minimum atomic E-state index is -0.517. The molecule has 0 aromatic carbocycles. The second-order valence-electron chi connectivity index (χ2n) is 10.8. The Balaban J connectivity index is 1.14. The highest BCUT2D eigenvalue weighted by molar-refractivity contribution is 5.78. The Hall–Kier alpha value is -3.54. The van der Waals surface area contributed by atoms with Crippen LogP contribution in [0, 0.1) is 12.7 Å². The van der Waals surface area contributed by atoms with Gasteiger partial charge < -0.3 is 14.6 Å². The van der Waals surface area contributed by atoms with Crippen molar-refractivity contribution < 1.29 is 9.13 Å². The number of rotatable bonds is 7. The van der Waals surface area contributed by atoms with Crippen molar-refractivity contribution in [2.45, 2.75) is 52.4 Å². The summed E-state index contributed by atoms with van der Waals surface area (Å²) in [5.41, 5.74) is 3.36. The Kier molecular flexibility index (Phi) is 6.96. The van der Waals surface area contributed by atoms with E-state index in [1.807, 2.05) is 25.3 Å². The Morgan fingerprint density at radius 1 is 1.08 bits per heavy atom. The minimum Gasteiger partial charge on any atom is -0.378 e. The van der Waals surface area contributed by atoms with Crippen LogP contribution >= 0.6 is 0 Å². The molecule has 2 aliphatic rings. The molecule has 0 spiro atoms. The molecule has 0 radical (unpaired) electrons. The van der Waals surface area contributed by atoms with Crippen LogP contribution in [0.2, 0.25) is 0 Å². The van der Waals surface area contributed by atoms with E-state index in [9.17, 15) is 4.39 Å². The van der Waals surface area contributed by atoms with Crippen molar-refractivity contribution in [2.24, 2.45) is 0 Å². The minimum absolute atomic E-state index is 0.175. The Morgan fingerprint density at radius 2 is 1.92 bits per heavy atom. The summed E-state index contributed by atoms with van der Waals surface area (Å²) < 4.78 is 22.3. The molecule has 0 amide bonds. The van der Waals surface area contributed by atoms with Crippen LogP contribution in [-0.4, -0.2) is 84.2 Å². The number of anilines is 2. The molecule has 2 aliphatic heterocycles. The van der Waals surface area contributed by atoms with Gasteiger partial charge in [-0.3, -0.25) is 9.80 Å². The van der Waals surface area contributed by atoms with E-state index in [-0.39, 0.29) is 17.7 Å². The predicted octanol–water partition coefficient (Wildman–Crippen LogP) is 3.96. The second kappa shape index (κ2) is 10.6. The molecule has 6 heterocycles. The summed E-state index contributed by atoms with van der Waals surface area (Å²) in [5, 5.41) is 3.11. The van der Waals surface area contributed by atoms with Gasteiger partial charge in [-0.05, 0) is 45.4 Å². The lowest BCUT2D eigenvalue weighted by Crippen LogP contribution is -2.60. The van der Waals surface area contributed by atoms with Crippen molar-refractivity contribution in [3.8, 4) is 11.3 Å². The zero-order chi connectivity index (χ0) is 27.1. The molecule has 1 unspecified atom stereocenters. The number of nitrogens with one attached hydrogen (secondary N) is 1. The van der Waals surface area contributed by atoms with Gasteiger partial charge in [0.25, 0.3) is 0 Å². The average Bonchev–Trinajstić information content (AvgIpc) is 3.22. The van der Waals surface area contributed by atoms with Gasteiger partial charge in [0.2, 0.25) is 5.95 Å². The molecule has 39 heavy (non-hydrogen) atoms. The number of halogens is 1. The second-order valence-corrected chi connectivity index (χ2v) is 10.8. The Bertz CT molecular complexity index is 1470. The fourth-order valence-electron chi connectivity index (χ4n) is 5.61. The molecule has 4 aromatic rings. The fourth-order valence-corrected chi connectivity index (χ4v) is 5.61. The number of nitrogens with zero attached hydrogens (tertiary/aromatic N) is 8. The number of hydrogen-bond acceptors (Lipinski definition) is 9. The molecule has 2 fully saturated rings. The predicted molar refractivity (Wildman–Crippen MR) is 147 cm³/mol. The van der Waals surface area contributed by atoms with Gasteiger partial charge in [-0.1, -0.05) is 6.07 Å². The lowest BCUT2D eigenvalue weighted by Gasteiger charge is -2.46. The first-order chi connectivity index (χ1) is 18.9. The average molecular weight is 532 g/mol. The van der Waals surface area contributed by atoms with Crippen molar-refractivity contribution in [1.29, 1.82) is 0 Å². The first-order valence-electron chi connectivity index (χ1n) is 13.5. The molecule has 10 nitrogen and oxygen atoms in total. The molecule has 204 valence electrons. The summed E-state index contributed by atoms with van der Waals surface area (Å²) in [6, 6.07) is 7.14. The van der Waals surface area contributed by atoms with Crippen LogP contribution in [0.4, 0.5) is 16.2 Å². The van der Waals surface area contributed by atoms with Gasteiger partial charge in [0.1, 0.15) is 17.3 Å². The smallest absolute Gasteiger partial charge is 0.229 e. The van der Waals surface area contributed by atoms with E-state index >= 15 is 0 Å². The summed E-state index contributed by atoms with van der Waals surface area (Å²) in [4.78, 5) is 27.2. The summed E-state index contributed by atoms with van der Waals surface area (Å²) in [5.74, 6) is 1.22. The third-order valence-electron chi connectivity index (χ3n) is 7.58. The number of imidazole rings is 1. The highest BCUT2D eigenvalue weighted by Gasteiger charge is 2.33. The van der Waals surface area contributed by atoms with Crippen LogP contribution in [0.5, 0.6) is 0 Å². The summed E-state index contributed by atoms with van der Waals surface area (Å²) in [6.07, 6.45) is 4.64. The number of pyridine rings is 2. The van der Waals surface area contributed by atoms with Crippen LogP contribution in [-0.2, 0) is 11.3 Å². The zero-order valence-corrected chi connectivity index (χ0v) is 22.8. The van der Waals surface area contributed by atoms with Gasteiger partial charge in [0, 0.05) is 56.2 Å². The molecule has 1 atom stereocenters. The first kappa shape index (κ1) is 25.7. The quantitative estimate of drug-likeness (QED) is 0.380. The molecule has 0 saturated carbocycles. The molecule has 0 aliphatic carbocycles. The van der Waals surface area contributed by atoms with Crippen LogP contribution in [0.15, 0.2) is 36.8 Å². The fraction of sp³-hybridized carbons (Fsp3) is 0.464. The highest BCUT2D eigenvalue weighted by atomic mass is 19.1. The molecular formula is C28H34FN9O. The third-order valence-corrected chi connectivity index (χ3v) is 7.58. The van der Waals surface area contributed by atoms with Gasteiger partial charge in [-0.15, -0.1) is 0 Å². The molecule has 4 aromatic heterocycles. The third kappa shape index (κ3) is 5.21. The lowest BCUT2D eigenvalue weighted by molar-refractivity contribution is -0.0940. The van der Waals surface area contributed by atoms with Crippen LogP contribution in [0.3, 0.4) is 0 Å². The molecule has 6 rings (SSSR count). The Labute approximate surface area is 227 Å². The number of aromatic nitrogens is 6. The molecule has 11 heteroatoms. The van der Waals surface area contributed by atoms with E-state index in [2.05, 4.69) is 71.4 Å². The largest absolute Gasteiger partial charge is 0.378 e. The molecular weight excluding hydrogens is 497 g/mol. The van der Waals surface area contributed by atoms with Crippen LogP contribution in [0.1, 0.15) is 38.2 Å². The number of ether oxygens (including phenoxy) is 1. The van der Waals surface area contributed by atoms with E-state index in [0.29, 0.717) is 29.1 Å². The lowest BCUT2D eigenvalue weighted by atomic mass is 10.1. The van der Waals surface area contributed by atoms with Crippen molar-refractivity contribution >= 4 is 22.9 Å². The maximum absolute atomic E-state index is 14.8. The molecule has 1 N–H and O–H groups in total. The van der Waals surface area contributed by atoms with Gasteiger partial charge in [0.15, 0.2) is 11.5 Å². The van der Waals surface area contributed by atoms with E-state index in [0.717, 1.165) is 56.3 Å². The standard InChI is InChI=1S/C28H34FN9O/c1-17(2)38-19(4)33-27-24(38)9-21(11-31-27)26-23(29)12-32-28(35-26)34-25-6-5-20(10-30-25)14-36-7-8-37(18(3)13-36)22-15-39-16-22/h5-6,9-12,17-18,22H,7-8,13-16H2,1-4H3,(H,30,32,34,35). The number of fused-ring (bicyclic) bond motifs is 1. The van der Waals surface area contributed by atoms with Gasteiger partial charge in [-0.25, -0.2) is 29.3 Å². The van der Waals surface area contributed by atoms with Gasteiger partial charge in [-0.2, -0.15) is 0 Å². The van der Waals surface area contributed by atoms with Crippen molar-refractivity contribution in [2.75, 3.05) is 38.2 Å². The van der Waals surface area contributed by atoms with Crippen molar-refractivity contribution in [3.63, 3.8) is 0 Å². The van der Waals surface area contributed by atoms with Gasteiger partial charge >= 0.3 is 0 Å². The summed E-state index contributed by atoms with van der Waals surface area (Å²) >= 11 is 0. The van der Waals surface area contributed by atoms with Crippen molar-refractivity contribution in [3.05, 3.63) is 54.0 Å². The highest BCUT2D eigenvalue weighted by Crippen LogP contribution is 2.27. The topological polar surface area (TPSA) is 97.1 Å². The van der Waals surface area contributed by atoms with Crippen LogP contribution in [0.25, 0.3) is 22.4 Å². The number of aryl methyl sites for hydroxylation is 1.